The van der Waals surface area contributed by atoms with E-state index in [4.69, 9.17) is 95.2 Å². The maximum Gasteiger partial charge on any atom is 0.246 e. The lowest BCUT2D eigenvalue weighted by Gasteiger charge is -2.39. The summed E-state index contributed by atoms with van der Waals surface area (Å²) in [5.41, 5.74) is 4.74. The van der Waals surface area contributed by atoms with E-state index < -0.39 is 75.4 Å². The molecule has 40 heteroatoms. The summed E-state index contributed by atoms with van der Waals surface area (Å²) in [5.74, 6) is -5.53. The van der Waals surface area contributed by atoms with Gasteiger partial charge in [0.1, 0.15) is 20.8 Å². The van der Waals surface area contributed by atoms with Gasteiger partial charge in [-0.3, -0.25) is 9.98 Å². The minimum atomic E-state index is -5.30. The molecule has 4 unspecified atom stereocenters. The predicted octanol–water partition coefficient (Wildman–Crippen LogP) is 4.78. The van der Waals surface area contributed by atoms with Gasteiger partial charge < -0.3 is 129 Å². The Kier molecular flexibility index (Phi) is 43.7. The van der Waals surface area contributed by atoms with E-state index in [-0.39, 0.29) is 192 Å². The summed E-state index contributed by atoms with van der Waals surface area (Å²) in [4.78, 5) is 55.0. The number of aromatic carboxylic acids is 2. The average molecular weight is 2070 g/mol. The van der Waals surface area contributed by atoms with Gasteiger partial charge in [-0.05, 0) is 176 Å². The Hall–Kier alpha value is -8.77. The Balaban J connectivity index is 0.000000275. The lowest BCUT2D eigenvalue weighted by molar-refractivity contribution is -0.307. The maximum atomic E-state index is 14.8. The summed E-state index contributed by atoms with van der Waals surface area (Å²) in [6, 6.07) is 22.3. The number of benzene rings is 6. The molecule has 4 heterocycles. The topological polar surface area (TPSA) is 501 Å². The number of nitrogens with zero attached hydrogens (tertiary/aromatic N) is 2. The van der Waals surface area contributed by atoms with Gasteiger partial charge in [0.15, 0.2) is 27.0 Å². The van der Waals surface area contributed by atoms with Crippen molar-refractivity contribution in [2.24, 2.45) is 20.8 Å². The van der Waals surface area contributed by atoms with Crippen LogP contribution < -0.4 is 60.5 Å². The number of carbonyl (C=O) groups is 4. The molecule has 0 spiro atoms. The second-order valence-corrected chi connectivity index (χ2v) is 43.8. The first-order valence-corrected chi connectivity index (χ1v) is 53.5. The van der Waals surface area contributed by atoms with Crippen LogP contribution in [-0.4, -0.2) is 289 Å². The number of rotatable bonds is 63. The van der Waals surface area contributed by atoms with Crippen molar-refractivity contribution in [3.8, 4) is 23.0 Å². The standard InChI is InChI=1S/C52H72N2O18S2.C52H72N2O15S/c1-34-31-51(3,4)33-42-38(34)29-40-44(36-9-7-8-10-37(36)50(57)58)41-30-39-35(2)32-52(5,6)54-45(39)49(47(41)72-46(40)48(42)74(61,62)63)73(59,60)53-12-14-65-16-18-67-20-22-69-24-26-71-28-27-70-25-23-68-21-19-66-17-15-64-13-11-43(55)56;1-35-32-51(3,4)34-37-29-44-42(30-40(35)37)46(38-9-7-8-10-39(38)50(57)58)43-31-41-36(2)33-52(5,6)54-47(41)49(48(43)69-44)70(59,60)53-12-14-62-16-18-64-20-22-66-24-26-68-28-27-67-25-23-65-21-19-63-17-15-61-13-11-45(55)56/h7-10,29-30,34-35,53H,11-28,31-33H2,1-6H3,(H,55,56)(H,57,58)(H,61,62,63);7-10,29-31,35-36,53H,11-28,32-34H2,1-6H3,(H,55,56)(H,57,58)/p-5. The largest absolute Gasteiger partial charge is 0.744 e. The van der Waals surface area contributed by atoms with Crippen molar-refractivity contribution in [1.82, 2.24) is 9.44 Å². The van der Waals surface area contributed by atoms with Crippen LogP contribution in [0.3, 0.4) is 0 Å². The number of carboxylic acid groups (broad SMARTS) is 4. The zero-order valence-electron chi connectivity index (χ0n) is 84.6. The highest BCUT2D eigenvalue weighted by Gasteiger charge is 2.44. The van der Waals surface area contributed by atoms with Crippen molar-refractivity contribution < 1.29 is 155 Å². The van der Waals surface area contributed by atoms with Gasteiger partial charge in [0.05, 0.1) is 245 Å². The minimum absolute atomic E-state index is 0.00407. The van der Waals surface area contributed by atoms with Crippen molar-refractivity contribution in [2.45, 2.75) is 184 Å². The summed E-state index contributed by atoms with van der Waals surface area (Å²) in [7, 11) is -14.2. The first-order valence-electron chi connectivity index (χ1n) is 49.1. The molecule has 0 aromatic heterocycles. The summed E-state index contributed by atoms with van der Waals surface area (Å²) < 4.78 is 206. The second-order valence-electron chi connectivity index (χ2n) is 39.1. The van der Waals surface area contributed by atoms with Crippen LogP contribution in [0.5, 0.6) is 23.0 Å². The second kappa shape index (κ2) is 54.4. The van der Waals surface area contributed by atoms with Crippen LogP contribution in [0.25, 0.3) is 11.1 Å². The van der Waals surface area contributed by atoms with Gasteiger partial charge in [-0.15, -0.1) is 0 Å². The van der Waals surface area contributed by atoms with Gasteiger partial charge >= 0.3 is 0 Å². The summed E-state index contributed by atoms with van der Waals surface area (Å²) in [6.07, 6.45) is 3.64. The first kappa shape index (κ1) is 116. The van der Waals surface area contributed by atoms with Gasteiger partial charge in [0.2, 0.25) is 20.0 Å². The quantitative estimate of drug-likeness (QED) is 0.0382. The highest BCUT2D eigenvalue weighted by Crippen LogP contribution is 2.53. The Labute approximate surface area is 843 Å². The SMILES string of the molecule is CC1CC(C)(C)Cc2c1cc1c(c2S(=O)(=O)[O-])Oc2c(S(=O)(=O)NCCOCCOCCOCCOCCOCCOCCOCCOCCC(=O)[O-])c3c(cc2=C1c1ccccc1C(=O)[O-])C(C)CC(C)(C)N=3.CC1CC(C)(C)Cc2cc3c(cc21)C(c1ccccc1C(=O)[O-])=c1cc2c(c(S(=O)(=O)NCCOCCOCCOCCOCCOCCOCCOCCOCCC(=O)[O-])c1O3)=NC(C)(C)CC2C. The van der Waals surface area contributed by atoms with E-state index in [1.807, 2.05) is 67.5 Å². The lowest BCUT2D eigenvalue weighted by Crippen LogP contribution is -2.41. The van der Waals surface area contributed by atoms with E-state index in [1.165, 1.54) is 23.8 Å². The molecule has 2 aliphatic carbocycles. The van der Waals surface area contributed by atoms with Crippen molar-refractivity contribution in [3.05, 3.63) is 167 Å². The fourth-order valence-electron chi connectivity index (χ4n) is 19.3. The van der Waals surface area contributed by atoms with E-state index in [2.05, 4.69) is 43.2 Å². The van der Waals surface area contributed by atoms with Gasteiger partial charge in [-0.2, -0.15) is 0 Å². The maximum absolute atomic E-state index is 14.8. The molecule has 4 aliphatic heterocycles. The molecular formula is C104H139N4O33S3-5. The van der Waals surface area contributed by atoms with Gasteiger partial charge in [0.25, 0.3) is 0 Å². The molecule has 0 fully saturated rings. The van der Waals surface area contributed by atoms with Crippen LogP contribution in [0.15, 0.2) is 104 Å². The highest BCUT2D eigenvalue weighted by molar-refractivity contribution is 7.90. The van der Waals surface area contributed by atoms with Crippen LogP contribution >= 0.6 is 0 Å². The Bertz CT molecular complexity index is 6010. The van der Waals surface area contributed by atoms with Crippen LogP contribution in [0.4, 0.5) is 0 Å². The van der Waals surface area contributed by atoms with Crippen LogP contribution in [0, 0.1) is 10.8 Å². The number of sulfonamides is 2. The van der Waals surface area contributed by atoms with Gasteiger partial charge in [-0.25, -0.2) is 34.7 Å². The van der Waals surface area contributed by atoms with Crippen molar-refractivity contribution in [2.75, 3.05) is 225 Å². The number of hydrogen-bond acceptors (Lipinski definition) is 35. The number of carbonyl (C=O) groups excluding carboxylic acids is 4. The fourth-order valence-corrected chi connectivity index (χ4v) is 22.8. The third-order valence-electron chi connectivity index (χ3n) is 25.0. The van der Waals surface area contributed by atoms with Crippen LogP contribution in [-0.2, 0) is 128 Å². The number of hydrogen-bond donors (Lipinski definition) is 2. The van der Waals surface area contributed by atoms with Crippen molar-refractivity contribution in [1.29, 1.82) is 0 Å². The average Bonchev–Trinajstić information content (AvgIpc) is 0.702. The molecule has 0 radical (unpaired) electrons. The predicted molar refractivity (Wildman–Crippen MR) is 518 cm³/mol. The van der Waals surface area contributed by atoms with E-state index in [0.29, 0.717) is 215 Å². The smallest absolute Gasteiger partial charge is 0.246 e. The first-order chi connectivity index (χ1) is 68.6. The summed E-state index contributed by atoms with van der Waals surface area (Å²) in [6.45, 7) is 34.2. The molecule has 37 nitrogen and oxygen atoms in total. The number of ether oxygens (including phenoxy) is 18. The number of fused-ring (bicyclic) bond motifs is 8. The summed E-state index contributed by atoms with van der Waals surface area (Å²) >= 11 is 0. The Morgan fingerprint density at radius 1 is 0.354 bits per heavy atom. The fraction of sp³-hybridized carbons (Fsp3) is 0.596. The Morgan fingerprint density at radius 3 is 1.01 bits per heavy atom. The molecular weight excluding hydrogens is 1930 g/mol. The zero-order valence-corrected chi connectivity index (χ0v) is 87.1. The molecule has 0 amide bonds. The lowest BCUT2D eigenvalue weighted by atomic mass is 9.69. The van der Waals surface area contributed by atoms with E-state index in [0.717, 1.165) is 24.0 Å². The molecule has 0 saturated carbocycles. The molecule has 12 rings (SSSR count). The molecule has 796 valence electrons. The normalized spacial score (nSPS) is 17.7. The van der Waals surface area contributed by atoms with Crippen LogP contribution in [0.1, 0.15) is 222 Å². The number of carboxylic acids is 4. The molecule has 6 aliphatic rings. The molecule has 6 aromatic carbocycles. The highest BCUT2D eigenvalue weighted by atomic mass is 32.2. The van der Waals surface area contributed by atoms with E-state index in [1.54, 1.807) is 42.5 Å². The molecule has 2 N–H and O–H groups in total. The van der Waals surface area contributed by atoms with Gasteiger partial charge in [0, 0.05) is 81.7 Å². The van der Waals surface area contributed by atoms with Crippen LogP contribution in [0.2, 0.25) is 0 Å². The monoisotopic (exact) mass is 2070 g/mol. The van der Waals surface area contributed by atoms with Gasteiger partial charge in [-0.1, -0.05) is 104 Å². The third kappa shape index (κ3) is 33.1. The molecule has 4 atom stereocenters. The number of aliphatic carboxylic acids is 2. The molecule has 144 heavy (non-hydrogen) atoms. The third-order valence-corrected chi connectivity index (χ3v) is 28.9. The molecule has 0 saturated heterocycles. The van der Waals surface area contributed by atoms with E-state index >= 15 is 0 Å². The Morgan fingerprint density at radius 2 is 0.660 bits per heavy atom. The van der Waals surface area contributed by atoms with E-state index in [9.17, 15) is 69.4 Å². The molecule has 6 aromatic rings. The summed E-state index contributed by atoms with van der Waals surface area (Å²) in [5, 5.41) is 47.2. The molecule has 0 bridgehead atoms. The van der Waals surface area contributed by atoms with Crippen molar-refractivity contribution in [3.63, 3.8) is 0 Å². The number of nitrogens with one attached hydrogen (secondary N) is 2. The minimum Gasteiger partial charge on any atom is -0.744 e. The van der Waals surface area contributed by atoms with Crippen molar-refractivity contribution >= 4 is 65.2 Å². The zero-order chi connectivity index (χ0) is 104.